The molecule has 0 radical (unpaired) electrons. The summed E-state index contributed by atoms with van der Waals surface area (Å²) in [7, 11) is 0. The van der Waals surface area contributed by atoms with Crippen molar-refractivity contribution in [2.45, 2.75) is 32.8 Å². The summed E-state index contributed by atoms with van der Waals surface area (Å²) >= 11 is 0. The molecule has 1 rings (SSSR count). The van der Waals surface area contributed by atoms with Crippen LogP contribution in [-0.2, 0) is 0 Å². The van der Waals surface area contributed by atoms with Crippen molar-refractivity contribution in [1.29, 1.82) is 5.26 Å². The molecular formula is C14H20N2O. The van der Waals surface area contributed by atoms with E-state index in [-0.39, 0.29) is 6.10 Å². The molecule has 17 heavy (non-hydrogen) atoms. The van der Waals surface area contributed by atoms with Gasteiger partial charge in [0.1, 0.15) is 0 Å². The van der Waals surface area contributed by atoms with Crippen LogP contribution in [-0.4, -0.2) is 18.2 Å². The Morgan fingerprint density at radius 2 is 1.94 bits per heavy atom. The number of benzene rings is 1. The first-order valence-electron chi connectivity index (χ1n) is 6.12. The molecule has 0 saturated heterocycles. The van der Waals surface area contributed by atoms with Crippen LogP contribution in [0.2, 0.25) is 0 Å². The van der Waals surface area contributed by atoms with Gasteiger partial charge in [0.15, 0.2) is 0 Å². The van der Waals surface area contributed by atoms with E-state index in [4.69, 9.17) is 5.26 Å². The number of anilines is 1. The van der Waals surface area contributed by atoms with Crippen molar-refractivity contribution in [2.24, 2.45) is 0 Å². The minimum absolute atomic E-state index is 0.377. The van der Waals surface area contributed by atoms with E-state index in [0.29, 0.717) is 6.42 Å². The average molecular weight is 232 g/mol. The Bertz CT molecular complexity index is 367. The molecule has 3 heteroatoms. The number of aliphatic hydroxyl groups is 1. The van der Waals surface area contributed by atoms with Crippen molar-refractivity contribution in [3.63, 3.8) is 0 Å². The van der Waals surface area contributed by atoms with Gasteiger partial charge in [-0.1, -0.05) is 19.1 Å². The molecule has 0 saturated carbocycles. The maximum atomic E-state index is 9.70. The SMILES string of the molecule is CC[C@@H](O)c1ccc(N(CC)CCC#N)cc1. The third kappa shape index (κ3) is 3.76. The van der Waals surface area contributed by atoms with Gasteiger partial charge in [-0.25, -0.2) is 0 Å². The van der Waals surface area contributed by atoms with Crippen molar-refractivity contribution in [1.82, 2.24) is 0 Å². The second kappa shape index (κ2) is 6.93. The summed E-state index contributed by atoms with van der Waals surface area (Å²) < 4.78 is 0. The van der Waals surface area contributed by atoms with Gasteiger partial charge in [-0.2, -0.15) is 5.26 Å². The number of rotatable bonds is 6. The fraction of sp³-hybridized carbons (Fsp3) is 0.500. The first-order valence-corrected chi connectivity index (χ1v) is 6.12. The molecule has 0 amide bonds. The second-order valence-electron chi connectivity index (χ2n) is 4.00. The molecule has 1 aromatic rings. The summed E-state index contributed by atoms with van der Waals surface area (Å²) in [5.41, 5.74) is 2.06. The topological polar surface area (TPSA) is 47.3 Å². The lowest BCUT2D eigenvalue weighted by molar-refractivity contribution is 0.173. The van der Waals surface area contributed by atoms with E-state index < -0.39 is 0 Å². The molecule has 0 aliphatic heterocycles. The average Bonchev–Trinajstić information content (AvgIpc) is 2.39. The highest BCUT2D eigenvalue weighted by atomic mass is 16.3. The smallest absolute Gasteiger partial charge is 0.0787 e. The van der Waals surface area contributed by atoms with Crippen LogP contribution in [0.1, 0.15) is 38.4 Å². The Morgan fingerprint density at radius 3 is 2.41 bits per heavy atom. The van der Waals surface area contributed by atoms with Gasteiger partial charge in [0, 0.05) is 18.8 Å². The van der Waals surface area contributed by atoms with Gasteiger partial charge in [-0.3, -0.25) is 0 Å². The van der Waals surface area contributed by atoms with Crippen LogP contribution in [0.15, 0.2) is 24.3 Å². The molecule has 0 fully saturated rings. The van der Waals surface area contributed by atoms with Crippen molar-refractivity contribution in [3.05, 3.63) is 29.8 Å². The molecule has 92 valence electrons. The number of aliphatic hydroxyl groups excluding tert-OH is 1. The lowest BCUT2D eigenvalue weighted by Crippen LogP contribution is -2.23. The first kappa shape index (κ1) is 13.5. The fourth-order valence-electron chi connectivity index (χ4n) is 1.80. The van der Waals surface area contributed by atoms with E-state index >= 15 is 0 Å². The van der Waals surface area contributed by atoms with Gasteiger partial charge >= 0.3 is 0 Å². The molecule has 0 unspecified atom stereocenters. The van der Waals surface area contributed by atoms with E-state index in [2.05, 4.69) is 17.9 Å². The van der Waals surface area contributed by atoms with Crippen molar-refractivity contribution in [2.75, 3.05) is 18.0 Å². The van der Waals surface area contributed by atoms with E-state index in [1.54, 1.807) is 0 Å². The zero-order chi connectivity index (χ0) is 12.7. The lowest BCUT2D eigenvalue weighted by Gasteiger charge is -2.22. The van der Waals surface area contributed by atoms with Gasteiger partial charge in [-0.05, 0) is 31.0 Å². The monoisotopic (exact) mass is 232 g/mol. The Labute approximate surface area is 103 Å². The molecule has 0 spiro atoms. The van der Waals surface area contributed by atoms with Crippen LogP contribution < -0.4 is 4.90 Å². The van der Waals surface area contributed by atoms with Crippen LogP contribution in [0.4, 0.5) is 5.69 Å². The highest BCUT2D eigenvalue weighted by Gasteiger charge is 2.07. The number of hydrogen-bond acceptors (Lipinski definition) is 3. The molecule has 1 N–H and O–H groups in total. The lowest BCUT2D eigenvalue weighted by atomic mass is 10.1. The predicted octanol–water partition coefficient (Wildman–Crippen LogP) is 2.87. The Hall–Kier alpha value is -1.53. The summed E-state index contributed by atoms with van der Waals surface area (Å²) in [5.74, 6) is 0. The number of nitrogens with zero attached hydrogens (tertiary/aromatic N) is 2. The maximum absolute atomic E-state index is 9.70. The Balaban J connectivity index is 2.74. The van der Waals surface area contributed by atoms with Gasteiger partial charge in [-0.15, -0.1) is 0 Å². The first-order chi connectivity index (χ1) is 8.22. The normalized spacial score (nSPS) is 11.9. The highest BCUT2D eigenvalue weighted by molar-refractivity contribution is 5.47. The largest absolute Gasteiger partial charge is 0.388 e. The van der Waals surface area contributed by atoms with Crippen molar-refractivity contribution in [3.8, 4) is 6.07 Å². The molecule has 0 bridgehead atoms. The minimum atomic E-state index is -0.377. The summed E-state index contributed by atoms with van der Waals surface area (Å²) in [6, 6.07) is 10.1. The van der Waals surface area contributed by atoms with E-state index in [1.807, 2.05) is 31.2 Å². The molecular weight excluding hydrogens is 212 g/mol. The van der Waals surface area contributed by atoms with Gasteiger partial charge in [0.2, 0.25) is 0 Å². The summed E-state index contributed by atoms with van der Waals surface area (Å²) in [6.07, 6.45) is 0.886. The van der Waals surface area contributed by atoms with Crippen LogP contribution in [0.25, 0.3) is 0 Å². The second-order valence-corrected chi connectivity index (χ2v) is 4.00. The summed E-state index contributed by atoms with van der Waals surface area (Å²) in [5, 5.41) is 18.3. The summed E-state index contributed by atoms with van der Waals surface area (Å²) in [4.78, 5) is 2.16. The van der Waals surface area contributed by atoms with Gasteiger partial charge in [0.05, 0.1) is 18.6 Å². The number of nitriles is 1. The Morgan fingerprint density at radius 1 is 1.29 bits per heavy atom. The molecule has 3 nitrogen and oxygen atoms in total. The third-order valence-corrected chi connectivity index (χ3v) is 2.90. The standard InChI is InChI=1S/C14H20N2O/c1-3-14(17)12-6-8-13(9-7-12)16(4-2)11-5-10-15/h6-9,14,17H,3-5,11H2,1-2H3/t14-/m1/s1. The molecule has 1 atom stereocenters. The zero-order valence-corrected chi connectivity index (χ0v) is 10.6. The fourth-order valence-corrected chi connectivity index (χ4v) is 1.80. The molecule has 1 aromatic carbocycles. The third-order valence-electron chi connectivity index (χ3n) is 2.90. The van der Waals surface area contributed by atoms with Crippen LogP contribution in [0.3, 0.4) is 0 Å². The number of hydrogen-bond donors (Lipinski definition) is 1. The minimum Gasteiger partial charge on any atom is -0.388 e. The van der Waals surface area contributed by atoms with Crippen LogP contribution in [0.5, 0.6) is 0 Å². The van der Waals surface area contributed by atoms with Crippen molar-refractivity contribution >= 4 is 5.69 Å². The molecule has 0 aliphatic rings. The highest BCUT2D eigenvalue weighted by Crippen LogP contribution is 2.21. The zero-order valence-electron chi connectivity index (χ0n) is 10.6. The van der Waals surface area contributed by atoms with E-state index in [1.165, 1.54) is 0 Å². The molecule has 0 aromatic heterocycles. The van der Waals surface area contributed by atoms with Crippen LogP contribution >= 0.6 is 0 Å². The van der Waals surface area contributed by atoms with Gasteiger partial charge < -0.3 is 10.0 Å². The summed E-state index contributed by atoms with van der Waals surface area (Å²) in [6.45, 7) is 5.68. The quantitative estimate of drug-likeness (QED) is 0.820. The van der Waals surface area contributed by atoms with Crippen molar-refractivity contribution < 1.29 is 5.11 Å². The van der Waals surface area contributed by atoms with E-state index in [0.717, 1.165) is 30.8 Å². The van der Waals surface area contributed by atoms with E-state index in [9.17, 15) is 5.11 Å². The van der Waals surface area contributed by atoms with Crippen LogP contribution in [0, 0.1) is 11.3 Å². The predicted molar refractivity (Wildman–Crippen MR) is 69.8 cm³/mol. The molecule has 0 heterocycles. The molecule has 0 aliphatic carbocycles. The maximum Gasteiger partial charge on any atom is 0.0787 e. The Kier molecular flexibility index (Phi) is 5.51. The van der Waals surface area contributed by atoms with Gasteiger partial charge in [0.25, 0.3) is 0 Å².